The predicted molar refractivity (Wildman–Crippen MR) is 70.5 cm³/mol. The van der Waals surface area contributed by atoms with Gasteiger partial charge >= 0.3 is 0 Å². The van der Waals surface area contributed by atoms with Crippen molar-refractivity contribution in [3.8, 4) is 0 Å². The van der Waals surface area contributed by atoms with Crippen LogP contribution in [-0.2, 0) is 9.63 Å². The van der Waals surface area contributed by atoms with Gasteiger partial charge in [0.05, 0.1) is 7.11 Å². The van der Waals surface area contributed by atoms with Crippen molar-refractivity contribution in [1.82, 2.24) is 5.06 Å². The zero-order chi connectivity index (χ0) is 11.7. The number of amides is 1. The topological polar surface area (TPSA) is 29.5 Å². The highest BCUT2D eigenvalue weighted by atomic mass is 127. The molecule has 0 saturated heterocycles. The van der Waals surface area contributed by atoms with Gasteiger partial charge in [0.15, 0.2) is 0 Å². The summed E-state index contributed by atoms with van der Waals surface area (Å²) in [5, 5.41) is 1.20. The lowest BCUT2D eigenvalue weighted by atomic mass is 10.1. The Morgan fingerprint density at radius 2 is 2.27 bits per heavy atom. The lowest BCUT2D eigenvalue weighted by Crippen LogP contribution is -2.23. The van der Waals surface area contributed by atoms with Crippen molar-refractivity contribution in [3.63, 3.8) is 0 Å². The largest absolute Gasteiger partial charge is 0.274 e. The van der Waals surface area contributed by atoms with E-state index in [4.69, 9.17) is 4.84 Å². The second-order valence-corrected chi connectivity index (χ2v) is 4.01. The summed E-state index contributed by atoms with van der Waals surface area (Å²) >= 11 is 2.21. The molecule has 0 saturated carbocycles. The van der Waals surface area contributed by atoms with Crippen LogP contribution >= 0.6 is 22.6 Å². The summed E-state index contributed by atoms with van der Waals surface area (Å²) in [6.07, 6.45) is 7.54. The van der Waals surface area contributed by atoms with Gasteiger partial charge in [-0.15, -0.1) is 0 Å². The average molecular weight is 323 g/mol. The van der Waals surface area contributed by atoms with E-state index in [0.717, 1.165) is 12.8 Å². The van der Waals surface area contributed by atoms with Crippen LogP contribution in [0, 0.1) is 5.92 Å². The number of hydroxylamine groups is 2. The molecule has 0 bridgehead atoms. The van der Waals surface area contributed by atoms with Crippen molar-refractivity contribution < 1.29 is 9.63 Å². The van der Waals surface area contributed by atoms with Gasteiger partial charge in [0.2, 0.25) is 0 Å². The normalized spacial score (nSPS) is 13.6. The third kappa shape index (κ3) is 7.56. The zero-order valence-corrected chi connectivity index (χ0v) is 11.6. The van der Waals surface area contributed by atoms with E-state index in [2.05, 4.69) is 35.6 Å². The fraction of sp³-hybridized carbons (Fsp3) is 0.545. The Labute approximate surface area is 105 Å². The minimum absolute atomic E-state index is 0.130. The molecule has 0 fully saturated rings. The average Bonchev–Trinajstić information content (AvgIpc) is 2.23. The Hall–Kier alpha value is -0.360. The van der Waals surface area contributed by atoms with Gasteiger partial charge in [-0.05, 0) is 22.8 Å². The standard InChI is InChI=1S/C11H18INO2/c1-10(8-9-12)6-4-5-7-11(14)13(2)15-3/h5,7-10H,4,6H2,1-3H3/b7-5+,9-8+/t10-/m0/s1. The highest BCUT2D eigenvalue weighted by molar-refractivity contribution is 14.1. The third-order valence-corrected chi connectivity index (χ3v) is 2.45. The Bertz CT molecular complexity index is 239. The molecule has 0 unspecified atom stereocenters. The minimum Gasteiger partial charge on any atom is -0.274 e. The number of carbonyl (C=O) groups excluding carboxylic acids is 1. The van der Waals surface area contributed by atoms with E-state index in [1.807, 2.05) is 10.2 Å². The Morgan fingerprint density at radius 1 is 1.60 bits per heavy atom. The number of allylic oxidation sites excluding steroid dienone is 2. The number of carbonyl (C=O) groups is 1. The molecular weight excluding hydrogens is 305 g/mol. The summed E-state index contributed by atoms with van der Waals surface area (Å²) in [5.41, 5.74) is 0. The quantitative estimate of drug-likeness (QED) is 0.427. The fourth-order valence-corrected chi connectivity index (χ4v) is 1.67. The molecule has 0 heterocycles. The van der Waals surface area contributed by atoms with E-state index in [1.54, 1.807) is 13.1 Å². The highest BCUT2D eigenvalue weighted by Crippen LogP contribution is 2.08. The molecule has 0 aliphatic carbocycles. The van der Waals surface area contributed by atoms with E-state index >= 15 is 0 Å². The van der Waals surface area contributed by atoms with Crippen LogP contribution in [0.2, 0.25) is 0 Å². The van der Waals surface area contributed by atoms with E-state index in [-0.39, 0.29) is 5.91 Å². The maximum Gasteiger partial charge on any atom is 0.269 e. The van der Waals surface area contributed by atoms with Gasteiger partial charge in [-0.1, -0.05) is 41.7 Å². The molecule has 0 aromatic carbocycles. The van der Waals surface area contributed by atoms with Crippen LogP contribution in [0.4, 0.5) is 0 Å². The molecule has 0 aliphatic rings. The summed E-state index contributed by atoms with van der Waals surface area (Å²) in [5.74, 6) is 0.427. The molecule has 0 N–H and O–H groups in total. The summed E-state index contributed by atoms with van der Waals surface area (Å²) < 4.78 is 2.02. The molecule has 3 nitrogen and oxygen atoms in total. The van der Waals surface area contributed by atoms with E-state index in [0.29, 0.717) is 5.92 Å². The van der Waals surface area contributed by atoms with Gasteiger partial charge in [-0.3, -0.25) is 9.63 Å². The summed E-state index contributed by atoms with van der Waals surface area (Å²) in [6.45, 7) is 2.16. The first-order valence-corrected chi connectivity index (χ1v) is 6.11. The van der Waals surface area contributed by atoms with Gasteiger partial charge in [-0.25, -0.2) is 5.06 Å². The molecule has 0 aromatic rings. The molecule has 1 amide bonds. The molecule has 15 heavy (non-hydrogen) atoms. The van der Waals surface area contributed by atoms with Crippen LogP contribution in [-0.4, -0.2) is 25.1 Å². The maximum absolute atomic E-state index is 11.2. The lowest BCUT2D eigenvalue weighted by Gasteiger charge is -2.10. The number of likely N-dealkylation sites (N-methyl/N-ethyl adjacent to an activating group) is 1. The first-order valence-electron chi connectivity index (χ1n) is 4.87. The fourth-order valence-electron chi connectivity index (χ4n) is 0.959. The van der Waals surface area contributed by atoms with Crippen molar-refractivity contribution in [1.29, 1.82) is 0 Å². The number of halogens is 1. The lowest BCUT2D eigenvalue weighted by molar-refractivity contribution is -0.162. The van der Waals surface area contributed by atoms with Crippen LogP contribution < -0.4 is 0 Å². The van der Waals surface area contributed by atoms with Crippen molar-refractivity contribution in [2.24, 2.45) is 5.92 Å². The van der Waals surface area contributed by atoms with Crippen LogP contribution in [0.3, 0.4) is 0 Å². The monoisotopic (exact) mass is 323 g/mol. The summed E-state index contributed by atoms with van der Waals surface area (Å²) in [4.78, 5) is 16.0. The van der Waals surface area contributed by atoms with E-state index in [1.165, 1.54) is 12.2 Å². The Kier molecular flexibility index (Phi) is 8.70. The van der Waals surface area contributed by atoms with Crippen LogP contribution in [0.1, 0.15) is 19.8 Å². The molecule has 0 rings (SSSR count). The Morgan fingerprint density at radius 3 is 2.80 bits per heavy atom. The smallest absolute Gasteiger partial charge is 0.269 e. The molecule has 1 atom stereocenters. The van der Waals surface area contributed by atoms with Gasteiger partial charge in [0.25, 0.3) is 5.91 Å². The first-order chi connectivity index (χ1) is 7.11. The predicted octanol–water partition coefficient (Wildman–Crippen LogP) is 2.93. The molecule has 4 heteroatoms. The summed E-state index contributed by atoms with van der Waals surface area (Å²) in [7, 11) is 3.06. The number of hydrogen-bond donors (Lipinski definition) is 0. The second-order valence-electron chi connectivity index (χ2n) is 3.29. The minimum atomic E-state index is -0.130. The van der Waals surface area contributed by atoms with Gasteiger partial charge < -0.3 is 0 Å². The van der Waals surface area contributed by atoms with Gasteiger partial charge in [0.1, 0.15) is 0 Å². The van der Waals surface area contributed by atoms with Crippen molar-refractivity contribution >= 4 is 28.5 Å². The summed E-state index contributed by atoms with van der Waals surface area (Å²) in [6, 6.07) is 0. The second kappa shape index (κ2) is 8.91. The molecule has 0 aliphatic heterocycles. The maximum atomic E-state index is 11.2. The van der Waals surface area contributed by atoms with Crippen LogP contribution in [0.5, 0.6) is 0 Å². The first kappa shape index (κ1) is 14.6. The van der Waals surface area contributed by atoms with E-state index < -0.39 is 0 Å². The van der Waals surface area contributed by atoms with Crippen molar-refractivity contribution in [3.05, 3.63) is 22.3 Å². The molecule has 0 radical (unpaired) electrons. The van der Waals surface area contributed by atoms with Crippen LogP contribution in [0.25, 0.3) is 0 Å². The molecule has 0 spiro atoms. The number of nitrogens with zero attached hydrogens (tertiary/aromatic N) is 1. The molecule has 86 valence electrons. The highest BCUT2D eigenvalue weighted by Gasteiger charge is 2.01. The van der Waals surface area contributed by atoms with Gasteiger partial charge in [0, 0.05) is 13.1 Å². The zero-order valence-electron chi connectivity index (χ0n) is 9.44. The molecular formula is C11H18INO2. The van der Waals surface area contributed by atoms with Crippen LogP contribution in [0.15, 0.2) is 22.3 Å². The Balaban J connectivity index is 3.76. The molecule has 0 aromatic heterocycles. The van der Waals surface area contributed by atoms with E-state index in [9.17, 15) is 4.79 Å². The van der Waals surface area contributed by atoms with Crippen molar-refractivity contribution in [2.45, 2.75) is 19.8 Å². The number of hydrogen-bond acceptors (Lipinski definition) is 2. The SMILES string of the molecule is CON(C)C(=O)/C=C/CC[C@H](C)/C=C/I. The van der Waals surface area contributed by atoms with Gasteiger partial charge in [-0.2, -0.15) is 0 Å². The number of rotatable bonds is 6. The van der Waals surface area contributed by atoms with Crippen molar-refractivity contribution in [2.75, 3.05) is 14.2 Å². The third-order valence-electron chi connectivity index (χ3n) is 2.03.